The van der Waals surface area contributed by atoms with Crippen molar-refractivity contribution >= 4 is 11.7 Å². The fourth-order valence-corrected chi connectivity index (χ4v) is 2.96. The molecule has 1 N–H and O–H groups in total. The maximum absolute atomic E-state index is 13.1. The van der Waals surface area contributed by atoms with Gasteiger partial charge in [-0.25, -0.2) is 9.18 Å². The van der Waals surface area contributed by atoms with Gasteiger partial charge in [0.2, 0.25) is 0 Å². The SMILES string of the molecule is Cc1cccc(NC(=O)N2CCCC2c2ccc(F)cc2)c1. The molecule has 114 valence electrons. The van der Waals surface area contributed by atoms with E-state index in [2.05, 4.69) is 5.32 Å². The van der Waals surface area contributed by atoms with Crippen LogP contribution in [0.2, 0.25) is 0 Å². The van der Waals surface area contributed by atoms with E-state index in [-0.39, 0.29) is 17.9 Å². The molecule has 0 spiro atoms. The topological polar surface area (TPSA) is 32.3 Å². The first kappa shape index (κ1) is 14.6. The van der Waals surface area contributed by atoms with Gasteiger partial charge >= 0.3 is 6.03 Å². The highest BCUT2D eigenvalue weighted by Gasteiger charge is 2.29. The molecule has 0 saturated carbocycles. The van der Waals surface area contributed by atoms with E-state index in [9.17, 15) is 9.18 Å². The zero-order valence-electron chi connectivity index (χ0n) is 12.6. The molecule has 0 bridgehead atoms. The van der Waals surface area contributed by atoms with E-state index >= 15 is 0 Å². The number of hydrogen-bond acceptors (Lipinski definition) is 1. The molecule has 3 nitrogen and oxygen atoms in total. The average Bonchev–Trinajstić information content (AvgIpc) is 2.97. The minimum Gasteiger partial charge on any atom is -0.317 e. The zero-order chi connectivity index (χ0) is 15.5. The third-order valence-corrected chi connectivity index (χ3v) is 4.04. The normalized spacial score (nSPS) is 17.5. The fourth-order valence-electron chi connectivity index (χ4n) is 2.96. The van der Waals surface area contributed by atoms with Gasteiger partial charge in [-0.3, -0.25) is 0 Å². The van der Waals surface area contributed by atoms with E-state index in [1.807, 2.05) is 36.1 Å². The largest absolute Gasteiger partial charge is 0.322 e. The molecule has 22 heavy (non-hydrogen) atoms. The van der Waals surface area contributed by atoms with Gasteiger partial charge in [0, 0.05) is 12.2 Å². The molecule has 1 fully saturated rings. The monoisotopic (exact) mass is 298 g/mol. The summed E-state index contributed by atoms with van der Waals surface area (Å²) < 4.78 is 13.1. The van der Waals surface area contributed by atoms with Gasteiger partial charge in [-0.05, 0) is 55.2 Å². The van der Waals surface area contributed by atoms with Crippen LogP contribution in [0.3, 0.4) is 0 Å². The molecule has 3 rings (SSSR count). The highest BCUT2D eigenvalue weighted by molar-refractivity contribution is 5.89. The van der Waals surface area contributed by atoms with E-state index in [0.717, 1.165) is 36.2 Å². The van der Waals surface area contributed by atoms with E-state index in [1.54, 1.807) is 12.1 Å². The summed E-state index contributed by atoms with van der Waals surface area (Å²) in [5.74, 6) is -0.252. The molecule has 2 aromatic carbocycles. The third-order valence-electron chi connectivity index (χ3n) is 4.04. The van der Waals surface area contributed by atoms with E-state index in [0.29, 0.717) is 0 Å². The lowest BCUT2D eigenvalue weighted by Gasteiger charge is -2.25. The Morgan fingerprint density at radius 2 is 2.00 bits per heavy atom. The second kappa shape index (κ2) is 6.18. The second-order valence-electron chi connectivity index (χ2n) is 5.70. The molecule has 1 heterocycles. The van der Waals surface area contributed by atoms with Crippen LogP contribution in [-0.4, -0.2) is 17.5 Å². The quantitative estimate of drug-likeness (QED) is 0.869. The van der Waals surface area contributed by atoms with Gasteiger partial charge in [0.1, 0.15) is 5.82 Å². The lowest BCUT2D eigenvalue weighted by Crippen LogP contribution is -2.34. The van der Waals surface area contributed by atoms with Crippen LogP contribution in [0.15, 0.2) is 48.5 Å². The number of carbonyl (C=O) groups excluding carboxylic acids is 1. The van der Waals surface area contributed by atoms with Gasteiger partial charge in [-0.2, -0.15) is 0 Å². The Morgan fingerprint density at radius 1 is 1.23 bits per heavy atom. The third kappa shape index (κ3) is 3.11. The van der Waals surface area contributed by atoms with E-state index in [1.165, 1.54) is 12.1 Å². The summed E-state index contributed by atoms with van der Waals surface area (Å²) >= 11 is 0. The van der Waals surface area contributed by atoms with Crippen molar-refractivity contribution < 1.29 is 9.18 Å². The molecule has 0 radical (unpaired) electrons. The van der Waals surface area contributed by atoms with Crippen molar-refractivity contribution in [1.82, 2.24) is 4.90 Å². The number of halogens is 1. The van der Waals surface area contributed by atoms with Crippen LogP contribution in [-0.2, 0) is 0 Å². The van der Waals surface area contributed by atoms with Crippen LogP contribution < -0.4 is 5.32 Å². The number of hydrogen-bond donors (Lipinski definition) is 1. The molecule has 1 unspecified atom stereocenters. The molecule has 1 aliphatic heterocycles. The van der Waals surface area contributed by atoms with Gasteiger partial charge in [0.05, 0.1) is 6.04 Å². The molecule has 1 saturated heterocycles. The Hall–Kier alpha value is -2.36. The van der Waals surface area contributed by atoms with Crippen molar-refractivity contribution in [2.45, 2.75) is 25.8 Å². The van der Waals surface area contributed by atoms with Crippen LogP contribution in [0.25, 0.3) is 0 Å². The number of nitrogens with zero attached hydrogens (tertiary/aromatic N) is 1. The van der Waals surface area contributed by atoms with Crippen LogP contribution in [0, 0.1) is 12.7 Å². The number of carbonyl (C=O) groups is 1. The number of nitrogens with one attached hydrogen (secondary N) is 1. The molecule has 4 heteroatoms. The van der Waals surface area contributed by atoms with Gasteiger partial charge in [-0.1, -0.05) is 24.3 Å². The highest BCUT2D eigenvalue weighted by atomic mass is 19.1. The first-order valence-electron chi connectivity index (χ1n) is 7.53. The first-order valence-corrected chi connectivity index (χ1v) is 7.53. The number of amides is 2. The maximum atomic E-state index is 13.1. The van der Waals surface area contributed by atoms with Gasteiger partial charge < -0.3 is 10.2 Å². The Labute approximate surface area is 129 Å². The Bertz CT molecular complexity index is 669. The molecule has 2 aromatic rings. The van der Waals surface area contributed by atoms with Crippen LogP contribution in [0.1, 0.15) is 30.0 Å². The average molecular weight is 298 g/mol. The fraction of sp³-hybridized carbons (Fsp3) is 0.278. The lowest BCUT2D eigenvalue weighted by molar-refractivity contribution is 0.207. The summed E-state index contributed by atoms with van der Waals surface area (Å²) in [6.45, 7) is 2.71. The van der Waals surface area contributed by atoms with Crippen molar-refractivity contribution in [3.8, 4) is 0 Å². The molecule has 0 aromatic heterocycles. The minimum atomic E-state index is -0.252. The number of urea groups is 1. The smallest absolute Gasteiger partial charge is 0.317 e. The number of rotatable bonds is 2. The van der Waals surface area contributed by atoms with Gasteiger partial charge in [0.25, 0.3) is 0 Å². The zero-order valence-corrected chi connectivity index (χ0v) is 12.6. The molecule has 2 amide bonds. The summed E-state index contributed by atoms with van der Waals surface area (Å²) in [6.07, 6.45) is 1.87. The van der Waals surface area contributed by atoms with Crippen molar-refractivity contribution in [3.05, 3.63) is 65.5 Å². The van der Waals surface area contributed by atoms with E-state index < -0.39 is 0 Å². The van der Waals surface area contributed by atoms with Gasteiger partial charge in [0.15, 0.2) is 0 Å². The first-order chi connectivity index (χ1) is 10.6. The predicted octanol–water partition coefficient (Wildman–Crippen LogP) is 4.50. The van der Waals surface area contributed by atoms with Crippen LogP contribution >= 0.6 is 0 Å². The van der Waals surface area contributed by atoms with Crippen molar-refractivity contribution in [3.63, 3.8) is 0 Å². The molecule has 1 aliphatic rings. The van der Waals surface area contributed by atoms with Crippen molar-refractivity contribution in [2.24, 2.45) is 0 Å². The van der Waals surface area contributed by atoms with Crippen molar-refractivity contribution in [2.75, 3.05) is 11.9 Å². The summed E-state index contributed by atoms with van der Waals surface area (Å²) in [5.41, 5.74) is 2.89. The number of benzene rings is 2. The van der Waals surface area contributed by atoms with Crippen molar-refractivity contribution in [1.29, 1.82) is 0 Å². The molecular weight excluding hydrogens is 279 g/mol. The predicted molar refractivity (Wildman–Crippen MR) is 85.3 cm³/mol. The maximum Gasteiger partial charge on any atom is 0.322 e. The highest BCUT2D eigenvalue weighted by Crippen LogP contribution is 2.32. The number of anilines is 1. The molecule has 0 aliphatic carbocycles. The molecule has 1 atom stereocenters. The van der Waals surface area contributed by atoms with Crippen LogP contribution in [0.4, 0.5) is 14.9 Å². The number of likely N-dealkylation sites (tertiary alicyclic amines) is 1. The Morgan fingerprint density at radius 3 is 2.73 bits per heavy atom. The summed E-state index contributed by atoms with van der Waals surface area (Å²) in [5, 5.41) is 2.95. The Kier molecular flexibility index (Phi) is 4.09. The Balaban J connectivity index is 1.75. The second-order valence-corrected chi connectivity index (χ2v) is 5.70. The van der Waals surface area contributed by atoms with Crippen LogP contribution in [0.5, 0.6) is 0 Å². The van der Waals surface area contributed by atoms with Gasteiger partial charge in [-0.15, -0.1) is 0 Å². The lowest BCUT2D eigenvalue weighted by atomic mass is 10.0. The molecular formula is C18H19FN2O. The standard InChI is InChI=1S/C18H19FN2O/c1-13-4-2-5-16(12-13)20-18(22)21-11-3-6-17(21)14-7-9-15(19)10-8-14/h2,4-5,7-10,12,17H,3,6,11H2,1H3,(H,20,22). The summed E-state index contributed by atoms with van der Waals surface area (Å²) in [7, 11) is 0. The minimum absolute atomic E-state index is 0.0189. The summed E-state index contributed by atoms with van der Waals surface area (Å²) in [4.78, 5) is 14.3. The number of aryl methyl sites for hydroxylation is 1. The van der Waals surface area contributed by atoms with E-state index in [4.69, 9.17) is 0 Å². The summed E-state index contributed by atoms with van der Waals surface area (Å²) in [6, 6.07) is 14.1.